The number of aromatic nitrogens is 2. The van der Waals surface area contributed by atoms with Gasteiger partial charge in [-0.15, -0.1) is 0 Å². The lowest BCUT2D eigenvalue weighted by atomic mass is 10.2. The second-order valence-corrected chi connectivity index (χ2v) is 7.99. The summed E-state index contributed by atoms with van der Waals surface area (Å²) in [7, 11) is 0. The van der Waals surface area contributed by atoms with Crippen LogP contribution < -0.4 is 10.6 Å². The van der Waals surface area contributed by atoms with E-state index in [0.717, 1.165) is 54.1 Å². The molecule has 1 aliphatic carbocycles. The van der Waals surface area contributed by atoms with Crippen molar-refractivity contribution in [2.45, 2.75) is 43.2 Å². The summed E-state index contributed by atoms with van der Waals surface area (Å²) in [6.07, 6.45) is 4.07. The van der Waals surface area contributed by atoms with Crippen LogP contribution in [-0.4, -0.2) is 27.6 Å². The summed E-state index contributed by atoms with van der Waals surface area (Å²) < 4.78 is 1.68. The minimum atomic E-state index is -0.647. The summed E-state index contributed by atoms with van der Waals surface area (Å²) in [5.41, 5.74) is 2.71. The lowest BCUT2D eigenvalue weighted by Crippen LogP contribution is -2.41. The fourth-order valence-corrected chi connectivity index (χ4v) is 4.56. The normalized spacial score (nSPS) is 16.5. The number of fused-ring (bicyclic) bond motifs is 1. The van der Waals surface area contributed by atoms with Crippen molar-refractivity contribution in [2.24, 2.45) is 0 Å². The van der Waals surface area contributed by atoms with Gasteiger partial charge in [-0.1, -0.05) is 24.4 Å². The predicted octanol–water partition coefficient (Wildman–Crippen LogP) is 3.27. The molecule has 26 heavy (non-hydrogen) atoms. The van der Waals surface area contributed by atoms with Crippen LogP contribution in [0.4, 0.5) is 5.82 Å². The molecule has 1 fully saturated rings. The van der Waals surface area contributed by atoms with Gasteiger partial charge in [-0.2, -0.15) is 16.9 Å². The van der Waals surface area contributed by atoms with Crippen molar-refractivity contribution in [3.63, 3.8) is 0 Å². The Kier molecular flexibility index (Phi) is 4.91. The van der Waals surface area contributed by atoms with Crippen molar-refractivity contribution in [3.05, 3.63) is 40.5 Å². The minimum absolute atomic E-state index is 0.107. The van der Waals surface area contributed by atoms with Gasteiger partial charge >= 0.3 is 11.8 Å². The van der Waals surface area contributed by atoms with Gasteiger partial charge in [0.1, 0.15) is 5.82 Å². The largest absolute Gasteiger partial charge is 0.345 e. The Bertz CT molecular complexity index is 844. The Morgan fingerprint density at radius 2 is 1.85 bits per heavy atom. The molecule has 1 aromatic carbocycles. The highest BCUT2D eigenvalue weighted by Crippen LogP contribution is 2.36. The van der Waals surface area contributed by atoms with E-state index in [9.17, 15) is 9.59 Å². The van der Waals surface area contributed by atoms with Gasteiger partial charge in [-0.25, -0.2) is 4.68 Å². The standard InChI is InChI=1S/C18H19ClN4O2S/c19-11-5-7-13(8-6-11)23-16(14-9-26-10-15(14)22-23)21-18(25)17(24)20-12-3-1-2-4-12/h5-8,12H,1-4,9-10H2,(H,20,24)(H,21,25). The third-order valence-corrected chi connectivity index (χ3v) is 5.97. The van der Waals surface area contributed by atoms with E-state index in [1.807, 2.05) is 12.1 Å². The molecule has 0 spiro atoms. The molecule has 2 N–H and O–H groups in total. The average Bonchev–Trinajstić information content (AvgIpc) is 3.35. The van der Waals surface area contributed by atoms with Crippen LogP contribution >= 0.6 is 23.4 Å². The van der Waals surface area contributed by atoms with Crippen molar-refractivity contribution in [2.75, 3.05) is 5.32 Å². The first-order valence-corrected chi connectivity index (χ1v) is 10.2. The predicted molar refractivity (Wildman–Crippen MR) is 103 cm³/mol. The van der Waals surface area contributed by atoms with E-state index in [0.29, 0.717) is 10.8 Å². The van der Waals surface area contributed by atoms with Crippen LogP contribution in [0.25, 0.3) is 5.69 Å². The molecule has 2 heterocycles. The molecule has 2 aliphatic rings. The van der Waals surface area contributed by atoms with E-state index in [2.05, 4.69) is 15.7 Å². The fourth-order valence-electron chi connectivity index (χ4n) is 3.40. The highest BCUT2D eigenvalue weighted by atomic mass is 35.5. The number of hydrogen-bond donors (Lipinski definition) is 2. The molecular formula is C18H19ClN4O2S. The topological polar surface area (TPSA) is 76.0 Å². The SMILES string of the molecule is O=C(Nc1c2c(nn1-c1ccc(Cl)cc1)CSC2)C(=O)NC1CCCC1. The molecule has 6 nitrogen and oxygen atoms in total. The number of nitrogens with one attached hydrogen (secondary N) is 2. The Labute approximate surface area is 160 Å². The number of carbonyl (C=O) groups excluding carboxylic acids is 2. The van der Waals surface area contributed by atoms with Crippen LogP contribution in [0.2, 0.25) is 5.02 Å². The summed E-state index contributed by atoms with van der Waals surface area (Å²) in [6.45, 7) is 0. The molecule has 0 bridgehead atoms. The molecule has 0 atom stereocenters. The number of nitrogens with zero attached hydrogens (tertiary/aromatic N) is 2. The minimum Gasteiger partial charge on any atom is -0.345 e. The number of carbonyl (C=O) groups is 2. The summed E-state index contributed by atoms with van der Waals surface area (Å²) in [5.74, 6) is 0.904. The third kappa shape index (κ3) is 3.46. The van der Waals surface area contributed by atoms with Gasteiger partial charge in [0.05, 0.1) is 11.4 Å². The maximum absolute atomic E-state index is 12.4. The van der Waals surface area contributed by atoms with Crippen molar-refractivity contribution < 1.29 is 9.59 Å². The Balaban J connectivity index is 1.58. The first-order chi connectivity index (χ1) is 12.6. The zero-order valence-corrected chi connectivity index (χ0v) is 15.7. The van der Waals surface area contributed by atoms with Gasteiger partial charge in [-0.3, -0.25) is 9.59 Å². The van der Waals surface area contributed by atoms with E-state index in [1.54, 1.807) is 28.6 Å². The van der Waals surface area contributed by atoms with Gasteiger partial charge in [0, 0.05) is 28.1 Å². The van der Waals surface area contributed by atoms with E-state index in [-0.39, 0.29) is 6.04 Å². The summed E-state index contributed by atoms with van der Waals surface area (Å²) in [4.78, 5) is 24.7. The Hall–Kier alpha value is -1.99. The lowest BCUT2D eigenvalue weighted by Gasteiger charge is -2.13. The first-order valence-electron chi connectivity index (χ1n) is 8.68. The summed E-state index contributed by atoms with van der Waals surface area (Å²) in [5, 5.41) is 10.8. The number of thioether (sulfide) groups is 1. The number of hydrogen-bond acceptors (Lipinski definition) is 4. The fraction of sp³-hybridized carbons (Fsp3) is 0.389. The summed E-state index contributed by atoms with van der Waals surface area (Å²) in [6, 6.07) is 7.33. The van der Waals surface area contributed by atoms with Crippen molar-refractivity contribution in [1.29, 1.82) is 0 Å². The molecule has 1 saturated carbocycles. The van der Waals surface area contributed by atoms with Crippen LogP contribution in [0.3, 0.4) is 0 Å². The monoisotopic (exact) mass is 390 g/mol. The molecule has 1 aliphatic heterocycles. The number of halogens is 1. The van der Waals surface area contributed by atoms with Crippen molar-refractivity contribution >= 4 is 41.0 Å². The van der Waals surface area contributed by atoms with Gasteiger partial charge < -0.3 is 10.6 Å². The molecule has 0 unspecified atom stereocenters. The quantitative estimate of drug-likeness (QED) is 0.788. The van der Waals surface area contributed by atoms with Gasteiger partial charge in [-0.05, 0) is 37.1 Å². The van der Waals surface area contributed by atoms with Gasteiger partial charge in [0.15, 0.2) is 0 Å². The molecule has 0 saturated heterocycles. The maximum Gasteiger partial charge on any atom is 0.314 e. The van der Waals surface area contributed by atoms with E-state index in [4.69, 9.17) is 11.6 Å². The van der Waals surface area contributed by atoms with Crippen molar-refractivity contribution in [3.8, 4) is 5.69 Å². The Morgan fingerprint density at radius 3 is 2.58 bits per heavy atom. The lowest BCUT2D eigenvalue weighted by molar-refractivity contribution is -0.136. The number of anilines is 1. The molecule has 2 amide bonds. The molecule has 0 radical (unpaired) electrons. The average molecular weight is 391 g/mol. The van der Waals surface area contributed by atoms with Crippen LogP contribution in [0.5, 0.6) is 0 Å². The van der Waals surface area contributed by atoms with Crippen LogP contribution in [0.15, 0.2) is 24.3 Å². The maximum atomic E-state index is 12.4. The highest BCUT2D eigenvalue weighted by Gasteiger charge is 2.27. The number of benzene rings is 1. The summed E-state index contributed by atoms with van der Waals surface area (Å²) >= 11 is 7.71. The van der Waals surface area contributed by atoms with Crippen LogP contribution in [0, 0.1) is 0 Å². The molecule has 8 heteroatoms. The number of rotatable bonds is 3. The highest BCUT2D eigenvalue weighted by molar-refractivity contribution is 7.98. The molecule has 4 rings (SSSR count). The second-order valence-electron chi connectivity index (χ2n) is 6.56. The molecule has 136 valence electrons. The van der Waals surface area contributed by atoms with Gasteiger partial charge in [0.2, 0.25) is 0 Å². The van der Waals surface area contributed by atoms with Crippen LogP contribution in [0.1, 0.15) is 36.9 Å². The Morgan fingerprint density at radius 1 is 1.12 bits per heavy atom. The van der Waals surface area contributed by atoms with E-state index < -0.39 is 11.8 Å². The third-order valence-electron chi connectivity index (χ3n) is 4.75. The zero-order chi connectivity index (χ0) is 18.1. The van der Waals surface area contributed by atoms with Crippen LogP contribution in [-0.2, 0) is 21.1 Å². The molecular weight excluding hydrogens is 372 g/mol. The molecule has 2 aromatic rings. The second kappa shape index (κ2) is 7.32. The zero-order valence-electron chi connectivity index (χ0n) is 14.1. The van der Waals surface area contributed by atoms with E-state index >= 15 is 0 Å². The smallest absolute Gasteiger partial charge is 0.314 e. The van der Waals surface area contributed by atoms with E-state index in [1.165, 1.54) is 0 Å². The first kappa shape index (κ1) is 17.4. The molecule has 1 aromatic heterocycles. The van der Waals surface area contributed by atoms with Gasteiger partial charge in [0.25, 0.3) is 0 Å². The number of amides is 2. The van der Waals surface area contributed by atoms with Crippen molar-refractivity contribution in [1.82, 2.24) is 15.1 Å².